The van der Waals surface area contributed by atoms with Crippen LogP contribution in [0.3, 0.4) is 0 Å². The average molecular weight is 442 g/mol. The highest BCUT2D eigenvalue weighted by Crippen LogP contribution is 2.31. The molecule has 4 rings (SSSR count). The van der Waals surface area contributed by atoms with E-state index in [1.807, 2.05) is 18.2 Å². The molecule has 1 amide bonds. The first-order chi connectivity index (χ1) is 14.9. The van der Waals surface area contributed by atoms with Gasteiger partial charge >= 0.3 is 0 Å². The number of nitrogens with zero attached hydrogens (tertiary/aromatic N) is 2. The number of carbonyl (C=O) groups excluding carboxylic acids is 1. The van der Waals surface area contributed by atoms with E-state index in [1.54, 1.807) is 30.3 Å². The Hall–Kier alpha value is -3.37. The number of benzene rings is 2. The predicted molar refractivity (Wildman–Crippen MR) is 114 cm³/mol. The minimum absolute atomic E-state index is 0.0881. The maximum atomic E-state index is 12.8. The highest BCUT2D eigenvalue weighted by Gasteiger charge is 2.33. The lowest BCUT2D eigenvalue weighted by molar-refractivity contribution is 0.102. The zero-order valence-corrected chi connectivity index (χ0v) is 17.9. The Morgan fingerprint density at radius 1 is 1.10 bits per heavy atom. The van der Waals surface area contributed by atoms with Crippen molar-refractivity contribution in [3.8, 4) is 11.5 Å². The summed E-state index contributed by atoms with van der Waals surface area (Å²) in [5.41, 5.74) is 2.34. The number of rotatable bonds is 7. The van der Waals surface area contributed by atoms with Crippen LogP contribution < -0.4 is 14.8 Å². The molecule has 0 saturated heterocycles. The molecule has 0 unspecified atom stereocenters. The van der Waals surface area contributed by atoms with Crippen LogP contribution in [0, 0.1) is 0 Å². The van der Waals surface area contributed by atoms with Crippen molar-refractivity contribution in [1.82, 2.24) is 14.5 Å². The van der Waals surface area contributed by atoms with Crippen LogP contribution in [0.25, 0.3) is 0 Å². The molecule has 2 N–H and O–H groups in total. The number of hydrogen-bond donors (Lipinski definition) is 2. The third-order valence-electron chi connectivity index (χ3n) is 5.08. The Labute approximate surface area is 180 Å². The van der Waals surface area contributed by atoms with Gasteiger partial charge in [0.2, 0.25) is 10.0 Å². The third kappa shape index (κ3) is 4.25. The molecule has 2 heterocycles. The smallest absolute Gasteiger partial charge is 0.256 e. The Balaban J connectivity index is 1.49. The zero-order chi connectivity index (χ0) is 22.0. The second-order valence-electron chi connectivity index (χ2n) is 7.06. The molecule has 0 spiro atoms. The van der Waals surface area contributed by atoms with E-state index in [-0.39, 0.29) is 24.7 Å². The fourth-order valence-corrected chi connectivity index (χ4v) is 4.88. The van der Waals surface area contributed by atoms with E-state index in [1.165, 1.54) is 18.5 Å². The van der Waals surface area contributed by atoms with Gasteiger partial charge in [-0.15, -0.1) is 0 Å². The van der Waals surface area contributed by atoms with Crippen molar-refractivity contribution in [2.24, 2.45) is 0 Å². The second kappa shape index (κ2) is 8.40. The number of sulfonamides is 1. The highest BCUT2D eigenvalue weighted by molar-refractivity contribution is 7.88. The molecule has 162 valence electrons. The Bertz CT molecular complexity index is 1210. The Kier molecular flexibility index (Phi) is 5.66. The van der Waals surface area contributed by atoms with Gasteiger partial charge in [0.15, 0.2) is 11.5 Å². The lowest BCUT2D eigenvalue weighted by atomic mass is 10.2. The van der Waals surface area contributed by atoms with Gasteiger partial charge in [-0.1, -0.05) is 30.3 Å². The summed E-state index contributed by atoms with van der Waals surface area (Å²) in [5, 5.41) is 9.75. The normalized spacial score (nSPS) is 13.6. The summed E-state index contributed by atoms with van der Waals surface area (Å²) < 4.78 is 37.5. The van der Waals surface area contributed by atoms with E-state index in [0.29, 0.717) is 34.1 Å². The summed E-state index contributed by atoms with van der Waals surface area (Å²) in [4.78, 5) is 12.7. The van der Waals surface area contributed by atoms with Gasteiger partial charge in [0.1, 0.15) is 5.82 Å². The summed E-state index contributed by atoms with van der Waals surface area (Å²) >= 11 is 0. The largest absolute Gasteiger partial charge is 0.493 e. The van der Waals surface area contributed by atoms with Crippen LogP contribution >= 0.6 is 0 Å². The number of hydrogen-bond acceptors (Lipinski definition) is 6. The third-order valence-corrected chi connectivity index (χ3v) is 6.83. The number of amides is 1. The monoisotopic (exact) mass is 442 g/mol. The number of anilines is 1. The van der Waals surface area contributed by atoms with Gasteiger partial charge < -0.3 is 14.8 Å². The number of aromatic nitrogens is 2. The van der Waals surface area contributed by atoms with E-state index in [4.69, 9.17) is 9.47 Å². The SMILES string of the molecule is COc1ccc(C(=O)Nc2[nH]nc3c2CN(S(=O)(=O)Cc2ccccc2)C3)cc1OC. The fraction of sp³-hybridized carbons (Fsp3) is 0.238. The number of aromatic amines is 1. The fourth-order valence-electron chi connectivity index (χ4n) is 3.44. The van der Waals surface area contributed by atoms with E-state index in [9.17, 15) is 13.2 Å². The summed E-state index contributed by atoms with van der Waals surface area (Å²) in [6.45, 7) is 0.301. The van der Waals surface area contributed by atoms with Crippen molar-refractivity contribution >= 4 is 21.7 Å². The molecule has 1 aliphatic rings. The van der Waals surface area contributed by atoms with E-state index < -0.39 is 10.0 Å². The van der Waals surface area contributed by atoms with E-state index in [2.05, 4.69) is 15.5 Å². The van der Waals surface area contributed by atoms with Crippen molar-refractivity contribution < 1.29 is 22.7 Å². The number of fused-ring (bicyclic) bond motifs is 1. The molecule has 3 aromatic rings. The minimum atomic E-state index is -3.53. The number of carbonyl (C=O) groups is 1. The maximum Gasteiger partial charge on any atom is 0.256 e. The molecule has 0 radical (unpaired) electrons. The average Bonchev–Trinajstić information content (AvgIpc) is 3.36. The molecule has 31 heavy (non-hydrogen) atoms. The molecule has 10 heteroatoms. The van der Waals surface area contributed by atoms with Crippen LogP contribution in [0.2, 0.25) is 0 Å². The molecule has 0 saturated carbocycles. The van der Waals surface area contributed by atoms with Crippen LogP contribution in [0.1, 0.15) is 27.2 Å². The molecule has 0 bridgehead atoms. The van der Waals surface area contributed by atoms with Gasteiger partial charge in [-0.2, -0.15) is 9.40 Å². The second-order valence-corrected chi connectivity index (χ2v) is 9.03. The molecule has 0 atom stereocenters. The van der Waals surface area contributed by atoms with Crippen molar-refractivity contribution in [2.75, 3.05) is 19.5 Å². The molecule has 1 aliphatic heterocycles. The quantitative estimate of drug-likeness (QED) is 0.581. The summed E-state index contributed by atoms with van der Waals surface area (Å²) in [5.74, 6) is 0.865. The molecule has 9 nitrogen and oxygen atoms in total. The van der Waals surface area contributed by atoms with E-state index >= 15 is 0 Å². The van der Waals surface area contributed by atoms with Crippen LogP contribution in [0.15, 0.2) is 48.5 Å². The van der Waals surface area contributed by atoms with Gasteiger partial charge in [-0.3, -0.25) is 9.89 Å². The van der Waals surface area contributed by atoms with Crippen molar-refractivity contribution in [3.05, 3.63) is 70.9 Å². The summed E-state index contributed by atoms with van der Waals surface area (Å²) in [7, 11) is -0.520. The molecular weight excluding hydrogens is 420 g/mol. The number of nitrogens with one attached hydrogen (secondary N) is 2. The van der Waals surface area contributed by atoms with Gasteiger partial charge in [-0.05, 0) is 23.8 Å². The first kappa shape index (κ1) is 20.9. The first-order valence-electron chi connectivity index (χ1n) is 9.52. The first-order valence-corrected chi connectivity index (χ1v) is 11.1. The summed E-state index contributed by atoms with van der Waals surface area (Å²) in [6, 6.07) is 13.8. The topological polar surface area (TPSA) is 114 Å². The Morgan fingerprint density at radius 3 is 2.55 bits per heavy atom. The Morgan fingerprint density at radius 2 is 1.84 bits per heavy atom. The van der Waals surface area contributed by atoms with Crippen LogP contribution in [0.4, 0.5) is 5.82 Å². The lowest BCUT2D eigenvalue weighted by Gasteiger charge is -2.16. The molecule has 0 aliphatic carbocycles. The highest BCUT2D eigenvalue weighted by atomic mass is 32.2. The number of methoxy groups -OCH3 is 2. The zero-order valence-electron chi connectivity index (χ0n) is 17.1. The molecular formula is C21H22N4O5S. The van der Waals surface area contributed by atoms with Crippen LogP contribution in [-0.2, 0) is 28.9 Å². The van der Waals surface area contributed by atoms with Crippen molar-refractivity contribution in [3.63, 3.8) is 0 Å². The summed E-state index contributed by atoms with van der Waals surface area (Å²) in [6.07, 6.45) is 0. The predicted octanol–water partition coefficient (Wildman–Crippen LogP) is 2.52. The van der Waals surface area contributed by atoms with E-state index in [0.717, 1.165) is 5.56 Å². The van der Waals surface area contributed by atoms with Gasteiger partial charge in [0.25, 0.3) is 5.91 Å². The molecule has 2 aromatic carbocycles. The number of H-pyrrole nitrogens is 1. The molecule has 1 aromatic heterocycles. The lowest BCUT2D eigenvalue weighted by Crippen LogP contribution is -2.27. The van der Waals surface area contributed by atoms with Gasteiger partial charge in [0, 0.05) is 17.7 Å². The van der Waals surface area contributed by atoms with Crippen LogP contribution in [0.5, 0.6) is 11.5 Å². The minimum Gasteiger partial charge on any atom is -0.493 e. The van der Waals surface area contributed by atoms with Crippen molar-refractivity contribution in [2.45, 2.75) is 18.8 Å². The van der Waals surface area contributed by atoms with Gasteiger partial charge in [-0.25, -0.2) is 8.42 Å². The standard InChI is InChI=1S/C21H22N4O5S/c1-29-18-9-8-15(10-19(18)30-2)21(26)22-20-16-11-25(12-17(16)23-24-20)31(27,28)13-14-6-4-3-5-7-14/h3-10H,11-13H2,1-2H3,(H2,22,23,24,26). The van der Waals surface area contributed by atoms with Crippen molar-refractivity contribution in [1.29, 1.82) is 0 Å². The van der Waals surface area contributed by atoms with Crippen LogP contribution in [-0.4, -0.2) is 43.0 Å². The maximum absolute atomic E-state index is 12.8. The number of ether oxygens (including phenoxy) is 2. The molecule has 0 fully saturated rings. The van der Waals surface area contributed by atoms with Gasteiger partial charge in [0.05, 0.1) is 32.2 Å².